The van der Waals surface area contributed by atoms with Gasteiger partial charge in [0, 0.05) is 37.8 Å². The van der Waals surface area contributed by atoms with Gasteiger partial charge < -0.3 is 9.80 Å². The lowest BCUT2D eigenvalue weighted by Gasteiger charge is -2.38. The van der Waals surface area contributed by atoms with Gasteiger partial charge in [-0.2, -0.15) is 0 Å². The SMILES string of the molecule is CS(=O)(=O)CCN1C(=O)CC[C@@]12CCCN(c1ncnc3ccsc13)CC2. The summed E-state index contributed by atoms with van der Waals surface area (Å²) in [5, 5.41) is 2.03. The fourth-order valence-corrected chi connectivity index (χ4v) is 5.78. The summed E-state index contributed by atoms with van der Waals surface area (Å²) >= 11 is 1.65. The second-order valence-electron chi connectivity index (χ2n) is 7.57. The van der Waals surface area contributed by atoms with Gasteiger partial charge in [-0.05, 0) is 37.1 Å². The van der Waals surface area contributed by atoms with Crippen LogP contribution in [0.5, 0.6) is 0 Å². The molecule has 146 valence electrons. The quantitative estimate of drug-likeness (QED) is 0.770. The number of nitrogens with zero attached hydrogens (tertiary/aromatic N) is 4. The smallest absolute Gasteiger partial charge is 0.223 e. The molecule has 1 spiro atoms. The highest BCUT2D eigenvalue weighted by atomic mass is 32.2. The van der Waals surface area contributed by atoms with E-state index in [0.29, 0.717) is 13.0 Å². The van der Waals surface area contributed by atoms with E-state index in [1.807, 2.05) is 16.3 Å². The molecule has 7 nitrogen and oxygen atoms in total. The Bertz CT molecular complexity index is 958. The first-order valence-electron chi connectivity index (χ1n) is 9.29. The summed E-state index contributed by atoms with van der Waals surface area (Å²) in [6, 6.07) is 2.01. The summed E-state index contributed by atoms with van der Waals surface area (Å²) in [6.45, 7) is 2.01. The molecule has 27 heavy (non-hydrogen) atoms. The van der Waals surface area contributed by atoms with E-state index >= 15 is 0 Å². The van der Waals surface area contributed by atoms with Gasteiger partial charge in [0.05, 0.1) is 16.0 Å². The van der Waals surface area contributed by atoms with Crippen LogP contribution in [-0.4, -0.2) is 66.4 Å². The number of amides is 1. The maximum atomic E-state index is 12.5. The van der Waals surface area contributed by atoms with Crippen LogP contribution < -0.4 is 4.90 Å². The first-order valence-corrected chi connectivity index (χ1v) is 12.2. The lowest BCUT2D eigenvalue weighted by molar-refractivity contribution is -0.131. The Morgan fingerprint density at radius 3 is 2.89 bits per heavy atom. The zero-order valence-electron chi connectivity index (χ0n) is 15.4. The predicted molar refractivity (Wildman–Crippen MR) is 107 cm³/mol. The highest BCUT2D eigenvalue weighted by molar-refractivity contribution is 7.90. The van der Waals surface area contributed by atoms with Crippen molar-refractivity contribution in [1.82, 2.24) is 14.9 Å². The molecule has 0 aromatic carbocycles. The average Bonchev–Trinajstić information content (AvgIpc) is 3.14. The van der Waals surface area contributed by atoms with Gasteiger partial charge in [-0.15, -0.1) is 11.3 Å². The van der Waals surface area contributed by atoms with Crippen LogP contribution in [0, 0.1) is 0 Å². The first kappa shape index (κ1) is 18.6. The first-order chi connectivity index (χ1) is 12.9. The van der Waals surface area contributed by atoms with Gasteiger partial charge in [-0.25, -0.2) is 18.4 Å². The van der Waals surface area contributed by atoms with Crippen LogP contribution >= 0.6 is 11.3 Å². The zero-order valence-corrected chi connectivity index (χ0v) is 17.1. The number of carbonyl (C=O) groups is 1. The lowest BCUT2D eigenvalue weighted by atomic mass is 9.88. The zero-order chi connectivity index (χ0) is 19.1. The van der Waals surface area contributed by atoms with E-state index in [4.69, 9.17) is 0 Å². The van der Waals surface area contributed by atoms with Crippen LogP contribution in [0.4, 0.5) is 5.82 Å². The number of likely N-dealkylation sites (tertiary alicyclic amines) is 1. The second-order valence-corrected chi connectivity index (χ2v) is 10.7. The number of hydrogen-bond donors (Lipinski definition) is 0. The average molecular weight is 409 g/mol. The summed E-state index contributed by atoms with van der Waals surface area (Å²) in [7, 11) is -3.09. The molecule has 4 rings (SSSR count). The molecule has 0 bridgehead atoms. The molecule has 0 N–H and O–H groups in total. The normalized spacial score (nSPS) is 24.1. The number of thiophene rings is 1. The van der Waals surface area contributed by atoms with Gasteiger partial charge in [-0.1, -0.05) is 0 Å². The van der Waals surface area contributed by atoms with Crippen molar-refractivity contribution < 1.29 is 13.2 Å². The van der Waals surface area contributed by atoms with Crippen molar-refractivity contribution in [2.75, 3.05) is 36.5 Å². The maximum Gasteiger partial charge on any atom is 0.223 e. The molecule has 0 aliphatic carbocycles. The van der Waals surface area contributed by atoms with E-state index in [1.165, 1.54) is 6.26 Å². The molecular weight excluding hydrogens is 384 g/mol. The third-order valence-electron chi connectivity index (χ3n) is 5.80. The number of carbonyl (C=O) groups excluding carboxylic acids is 1. The van der Waals surface area contributed by atoms with E-state index < -0.39 is 9.84 Å². The van der Waals surface area contributed by atoms with Crippen molar-refractivity contribution in [1.29, 1.82) is 0 Å². The van der Waals surface area contributed by atoms with Gasteiger partial charge in [0.1, 0.15) is 22.0 Å². The number of aromatic nitrogens is 2. The molecule has 2 aliphatic rings. The molecule has 2 aliphatic heterocycles. The van der Waals surface area contributed by atoms with Crippen molar-refractivity contribution in [3.63, 3.8) is 0 Å². The standard InChI is InChI=1S/C18H24N4O3S2/c1-27(24,25)12-10-22-15(23)3-6-18(22)5-2-8-21(9-7-18)17-16-14(4-11-26-16)19-13-20-17/h4,11,13H,2-3,5-10,12H2,1H3/t18-/m1/s1. The third kappa shape index (κ3) is 3.67. The Morgan fingerprint density at radius 2 is 2.07 bits per heavy atom. The molecule has 1 amide bonds. The van der Waals surface area contributed by atoms with Crippen LogP contribution in [0.3, 0.4) is 0 Å². The minimum Gasteiger partial charge on any atom is -0.355 e. The number of sulfone groups is 1. The van der Waals surface area contributed by atoms with E-state index in [9.17, 15) is 13.2 Å². The third-order valence-corrected chi connectivity index (χ3v) is 7.63. The van der Waals surface area contributed by atoms with E-state index in [1.54, 1.807) is 17.7 Å². The Labute approximate surface area is 163 Å². The van der Waals surface area contributed by atoms with Gasteiger partial charge in [-0.3, -0.25) is 4.79 Å². The molecule has 2 fully saturated rings. The number of anilines is 1. The van der Waals surface area contributed by atoms with Crippen LogP contribution in [0.2, 0.25) is 0 Å². The van der Waals surface area contributed by atoms with Crippen molar-refractivity contribution >= 4 is 43.1 Å². The van der Waals surface area contributed by atoms with E-state index in [-0.39, 0.29) is 17.2 Å². The van der Waals surface area contributed by atoms with Crippen LogP contribution in [0.1, 0.15) is 32.1 Å². The lowest BCUT2D eigenvalue weighted by Crippen LogP contribution is -2.48. The molecule has 4 heterocycles. The minimum atomic E-state index is -3.09. The Kier molecular flexibility index (Phi) is 4.84. The van der Waals surface area contributed by atoms with Crippen molar-refractivity contribution in [2.24, 2.45) is 0 Å². The summed E-state index contributed by atoms with van der Waals surface area (Å²) in [5.41, 5.74) is 0.757. The summed E-state index contributed by atoms with van der Waals surface area (Å²) in [6.07, 6.45) is 6.91. The molecule has 0 radical (unpaired) electrons. The second kappa shape index (κ2) is 7.01. The van der Waals surface area contributed by atoms with Gasteiger partial charge in [0.25, 0.3) is 0 Å². The van der Waals surface area contributed by atoms with Gasteiger partial charge in [0.2, 0.25) is 5.91 Å². The fraction of sp³-hybridized carbons (Fsp3) is 0.611. The Balaban J connectivity index is 1.55. The van der Waals surface area contributed by atoms with Crippen molar-refractivity contribution in [2.45, 2.75) is 37.6 Å². The molecular formula is C18H24N4O3S2. The van der Waals surface area contributed by atoms with Gasteiger partial charge >= 0.3 is 0 Å². The van der Waals surface area contributed by atoms with Crippen LogP contribution in [-0.2, 0) is 14.6 Å². The number of hydrogen-bond acceptors (Lipinski definition) is 7. The number of fused-ring (bicyclic) bond motifs is 1. The summed E-state index contributed by atoms with van der Waals surface area (Å²) in [5.74, 6) is 1.10. The molecule has 0 saturated carbocycles. The van der Waals surface area contributed by atoms with Crippen LogP contribution in [0.15, 0.2) is 17.8 Å². The summed E-state index contributed by atoms with van der Waals surface area (Å²) < 4.78 is 24.3. The van der Waals surface area contributed by atoms with Gasteiger partial charge in [0.15, 0.2) is 0 Å². The molecule has 2 aromatic heterocycles. The summed E-state index contributed by atoms with van der Waals surface area (Å²) in [4.78, 5) is 25.5. The van der Waals surface area contributed by atoms with Crippen molar-refractivity contribution in [3.05, 3.63) is 17.8 Å². The van der Waals surface area contributed by atoms with Crippen LogP contribution in [0.25, 0.3) is 10.2 Å². The number of rotatable bonds is 4. The van der Waals surface area contributed by atoms with E-state index in [0.717, 1.165) is 54.8 Å². The largest absolute Gasteiger partial charge is 0.355 e. The monoisotopic (exact) mass is 408 g/mol. The Morgan fingerprint density at radius 1 is 1.22 bits per heavy atom. The van der Waals surface area contributed by atoms with Crippen molar-refractivity contribution in [3.8, 4) is 0 Å². The highest BCUT2D eigenvalue weighted by Gasteiger charge is 2.45. The molecule has 2 saturated heterocycles. The fourth-order valence-electron chi connectivity index (χ4n) is 4.40. The maximum absolute atomic E-state index is 12.5. The molecule has 1 atom stereocenters. The molecule has 9 heteroatoms. The van der Waals surface area contributed by atoms with E-state index in [2.05, 4.69) is 14.9 Å². The topological polar surface area (TPSA) is 83.5 Å². The predicted octanol–water partition coefficient (Wildman–Crippen LogP) is 2.09. The molecule has 0 unspecified atom stereocenters. The molecule has 2 aromatic rings. The Hall–Kier alpha value is -1.74. The highest BCUT2D eigenvalue weighted by Crippen LogP contribution is 2.40. The minimum absolute atomic E-state index is 0.0337.